The Morgan fingerprint density at radius 3 is 1.66 bits per heavy atom. The molecule has 0 aliphatic heterocycles. The highest BCUT2D eigenvalue weighted by Crippen LogP contribution is 2.47. The fourth-order valence-electron chi connectivity index (χ4n) is 6.58. The molecule has 248 valence electrons. The zero-order valence-electron chi connectivity index (χ0n) is 29.0. The number of carbonyl (C=O) groups excluding carboxylic acids is 2. The van der Waals surface area contributed by atoms with Crippen LogP contribution in [0.2, 0.25) is 0 Å². The summed E-state index contributed by atoms with van der Waals surface area (Å²) in [6, 6.07) is 38.2. The van der Waals surface area contributed by atoms with Crippen molar-refractivity contribution in [2.24, 2.45) is 0 Å². The Hall–Kier alpha value is -4.62. The van der Waals surface area contributed by atoms with E-state index < -0.39 is 0 Å². The highest BCUT2D eigenvalue weighted by molar-refractivity contribution is 7.35. The number of Topliss-reactive ketones (excluding diaryl/α,β-unsaturated/α-hetero) is 2. The minimum atomic E-state index is -0.189. The van der Waals surface area contributed by atoms with Crippen LogP contribution in [0.4, 0.5) is 17.1 Å². The lowest BCUT2D eigenvalue weighted by atomic mass is 9.86. The number of carbonyl (C=O) groups is 2. The van der Waals surface area contributed by atoms with Gasteiger partial charge in [0.05, 0.1) is 10.3 Å². The van der Waals surface area contributed by atoms with Crippen LogP contribution in [0.5, 0.6) is 0 Å². The van der Waals surface area contributed by atoms with E-state index >= 15 is 0 Å². The van der Waals surface area contributed by atoms with Crippen molar-refractivity contribution >= 4 is 88.2 Å². The Labute approximate surface area is 305 Å². The van der Waals surface area contributed by atoms with Gasteiger partial charge in [-0.15, -0.1) is 34.0 Å². The average molecular weight is 708 g/mol. The molecule has 1 aliphatic carbocycles. The van der Waals surface area contributed by atoms with E-state index in [0.29, 0.717) is 11.1 Å². The average Bonchev–Trinajstić information content (AvgIpc) is 3.85. The summed E-state index contributed by atoms with van der Waals surface area (Å²) >= 11 is 5.24. The summed E-state index contributed by atoms with van der Waals surface area (Å²) < 4.78 is 3.80. The summed E-state index contributed by atoms with van der Waals surface area (Å²) in [5.41, 5.74) is 7.43. The zero-order valence-corrected chi connectivity index (χ0v) is 31.4. The normalized spacial score (nSPS) is 13.4. The van der Waals surface area contributed by atoms with Crippen LogP contribution in [0.15, 0.2) is 115 Å². The van der Waals surface area contributed by atoms with Crippen LogP contribution in [-0.2, 0) is 10.8 Å². The molecule has 0 radical (unpaired) electrons. The van der Waals surface area contributed by atoms with E-state index in [9.17, 15) is 9.59 Å². The van der Waals surface area contributed by atoms with Crippen LogP contribution in [0.3, 0.4) is 0 Å². The van der Waals surface area contributed by atoms with Gasteiger partial charge in [-0.05, 0) is 82.6 Å². The van der Waals surface area contributed by atoms with Crippen molar-refractivity contribution < 1.29 is 9.59 Å². The largest absolute Gasteiger partial charge is 0.310 e. The molecule has 8 rings (SSSR count). The van der Waals surface area contributed by atoms with E-state index in [0.717, 1.165) is 26.8 Å². The third kappa shape index (κ3) is 5.75. The van der Waals surface area contributed by atoms with Gasteiger partial charge in [-0.3, -0.25) is 9.59 Å². The number of thiophene rings is 3. The molecule has 50 heavy (non-hydrogen) atoms. The monoisotopic (exact) mass is 707 g/mol. The van der Waals surface area contributed by atoms with E-state index in [4.69, 9.17) is 0 Å². The van der Waals surface area contributed by atoms with Gasteiger partial charge < -0.3 is 4.90 Å². The number of anilines is 3. The summed E-state index contributed by atoms with van der Waals surface area (Å²) in [6.45, 7) is 13.5. The molecule has 0 amide bonds. The van der Waals surface area contributed by atoms with Crippen LogP contribution in [-0.4, -0.2) is 11.6 Å². The predicted molar refractivity (Wildman–Crippen MR) is 216 cm³/mol. The Bertz CT molecular complexity index is 2380. The third-order valence-electron chi connectivity index (χ3n) is 9.43. The fraction of sp³-hybridized carbons (Fsp3) is 0.182. The van der Waals surface area contributed by atoms with Gasteiger partial charge in [-0.25, -0.2) is 0 Å². The van der Waals surface area contributed by atoms with Gasteiger partial charge in [-0.1, -0.05) is 96.1 Å². The molecule has 1 aliphatic rings. The molecule has 0 spiro atoms. The lowest BCUT2D eigenvalue weighted by Gasteiger charge is -2.28. The quantitative estimate of drug-likeness (QED) is 0.132. The van der Waals surface area contributed by atoms with Gasteiger partial charge in [0.15, 0.2) is 11.6 Å². The number of benzene rings is 4. The highest BCUT2D eigenvalue weighted by Gasteiger charge is 2.32. The smallest absolute Gasteiger partial charge is 0.197 e. The Balaban J connectivity index is 1.13. The van der Waals surface area contributed by atoms with E-state index in [1.54, 1.807) is 53.0 Å². The third-order valence-corrected chi connectivity index (χ3v) is 13.1. The molecule has 0 bridgehead atoms. The second-order valence-corrected chi connectivity index (χ2v) is 18.2. The zero-order chi connectivity index (χ0) is 34.9. The predicted octanol–water partition coefficient (Wildman–Crippen LogP) is 13.4. The summed E-state index contributed by atoms with van der Waals surface area (Å²) in [5, 5.41) is 1.26. The van der Waals surface area contributed by atoms with E-state index in [2.05, 4.69) is 125 Å². The maximum absolute atomic E-state index is 12.9. The molecule has 7 aromatic rings. The van der Waals surface area contributed by atoms with Crippen LogP contribution in [0.25, 0.3) is 35.3 Å². The summed E-state index contributed by atoms with van der Waals surface area (Å²) in [7, 11) is 0. The van der Waals surface area contributed by atoms with E-state index in [-0.39, 0.29) is 28.0 Å². The number of hydrogen-bond acceptors (Lipinski definition) is 6. The van der Waals surface area contributed by atoms with E-state index in [1.165, 1.54) is 35.5 Å². The van der Waals surface area contributed by atoms with Gasteiger partial charge in [0.25, 0.3) is 0 Å². The number of ketones is 2. The van der Waals surface area contributed by atoms with Crippen molar-refractivity contribution in [3.8, 4) is 9.75 Å². The first-order valence-corrected chi connectivity index (χ1v) is 19.3. The maximum Gasteiger partial charge on any atom is 0.197 e. The van der Waals surface area contributed by atoms with E-state index in [1.807, 2.05) is 17.4 Å². The van der Waals surface area contributed by atoms with Crippen LogP contribution in [0.1, 0.15) is 78.3 Å². The molecule has 4 aromatic carbocycles. The lowest BCUT2D eigenvalue weighted by Crippen LogP contribution is -2.14. The molecular formula is C44H37NO2S3. The van der Waals surface area contributed by atoms with Crippen molar-refractivity contribution in [1.82, 2.24) is 0 Å². The first kappa shape index (κ1) is 32.6. The molecule has 0 saturated heterocycles. The SMILES string of the molecule is CC(C)(C)c1ccc(N(c2ccc(C(C)(C)C)cc2)c2ccc3c(c2)sc2cc(-c4ccc(C=C5C(=O)c6ccccc6C5=O)s4)sc23)cc1. The molecule has 0 atom stereocenters. The molecule has 3 heterocycles. The highest BCUT2D eigenvalue weighted by atomic mass is 32.1. The maximum atomic E-state index is 12.9. The molecule has 0 N–H and O–H groups in total. The Morgan fingerprint density at radius 2 is 1.10 bits per heavy atom. The Kier molecular flexibility index (Phi) is 7.83. The molecule has 6 heteroatoms. The van der Waals surface area contributed by atoms with Crippen molar-refractivity contribution in [3.63, 3.8) is 0 Å². The molecule has 3 aromatic heterocycles. The van der Waals surface area contributed by atoms with Gasteiger partial charge in [-0.2, -0.15) is 0 Å². The van der Waals surface area contributed by atoms with Gasteiger partial charge in [0.1, 0.15) is 0 Å². The number of rotatable bonds is 5. The lowest BCUT2D eigenvalue weighted by molar-refractivity contribution is 0.0990. The van der Waals surface area contributed by atoms with Crippen molar-refractivity contribution in [2.75, 3.05) is 4.90 Å². The summed E-state index contributed by atoms with van der Waals surface area (Å²) in [6.07, 6.45) is 1.75. The molecular weight excluding hydrogens is 671 g/mol. The van der Waals surface area contributed by atoms with Crippen LogP contribution in [0, 0.1) is 0 Å². The number of fused-ring (bicyclic) bond motifs is 4. The van der Waals surface area contributed by atoms with Crippen molar-refractivity contribution in [2.45, 2.75) is 52.4 Å². The van der Waals surface area contributed by atoms with Gasteiger partial charge in [0, 0.05) is 57.6 Å². The summed E-state index contributed by atoms with van der Waals surface area (Å²) in [5.74, 6) is -0.379. The number of allylic oxidation sites excluding steroid dienone is 1. The molecule has 0 fully saturated rings. The Morgan fingerprint density at radius 1 is 0.540 bits per heavy atom. The second-order valence-electron chi connectivity index (χ2n) is 15.0. The first-order chi connectivity index (χ1) is 23.8. The standard InChI is InChI=1S/C44H37NO2S3/c1-43(2,3)26-11-15-28(16-12-26)45(29-17-13-27(14-18-29)44(4,5)6)30-19-21-34-37(23-30)49-39-25-38(50-42(34)39)36-22-20-31(48-36)24-35-40(46)32-9-7-8-10-33(32)41(35)47/h7-25H,1-6H3. The van der Waals surface area contributed by atoms with Crippen molar-refractivity contribution in [1.29, 1.82) is 0 Å². The van der Waals surface area contributed by atoms with Gasteiger partial charge in [0.2, 0.25) is 0 Å². The topological polar surface area (TPSA) is 37.4 Å². The molecule has 0 unspecified atom stereocenters. The number of hydrogen-bond donors (Lipinski definition) is 0. The van der Waals surface area contributed by atoms with Crippen molar-refractivity contribution in [3.05, 3.63) is 142 Å². The molecule has 0 saturated carbocycles. The first-order valence-electron chi connectivity index (χ1n) is 16.8. The fourth-order valence-corrected chi connectivity index (χ4v) is 10.2. The molecule has 3 nitrogen and oxygen atoms in total. The number of nitrogens with zero attached hydrogens (tertiary/aromatic N) is 1. The van der Waals surface area contributed by atoms with Crippen LogP contribution >= 0.6 is 34.0 Å². The minimum Gasteiger partial charge on any atom is -0.310 e. The minimum absolute atomic E-state index is 0.0841. The second kappa shape index (κ2) is 12.0. The summed E-state index contributed by atoms with van der Waals surface area (Å²) in [4.78, 5) is 31.5. The van der Waals surface area contributed by atoms with Gasteiger partial charge >= 0.3 is 0 Å². The van der Waals surface area contributed by atoms with Crippen LogP contribution < -0.4 is 4.90 Å².